The number of hydrogen-bond acceptors (Lipinski definition) is 1. The Morgan fingerprint density at radius 1 is 1.15 bits per heavy atom. The molecule has 0 saturated heterocycles. The van der Waals surface area contributed by atoms with Crippen LogP contribution < -0.4 is 0 Å². The summed E-state index contributed by atoms with van der Waals surface area (Å²) in [6, 6.07) is 13.3. The van der Waals surface area contributed by atoms with E-state index in [0.29, 0.717) is 17.8 Å². The molecule has 1 aromatic rings. The number of rotatable bonds is 11. The quantitative estimate of drug-likeness (QED) is 0.361. The van der Waals surface area contributed by atoms with Crippen molar-refractivity contribution in [3.8, 4) is 6.07 Å². The van der Waals surface area contributed by atoms with E-state index in [0.717, 1.165) is 25.2 Å². The molecular weight excluding hydrogens is 326 g/mol. The third-order valence-corrected chi connectivity index (χ3v) is 6.41. The number of allylic oxidation sites excluding steroid dienone is 2. The zero-order chi connectivity index (χ0) is 20.5. The minimum atomic E-state index is 0.203. The van der Waals surface area contributed by atoms with Crippen LogP contribution in [0.25, 0.3) is 0 Å². The highest BCUT2D eigenvalue weighted by Gasteiger charge is 2.28. The van der Waals surface area contributed by atoms with Crippen LogP contribution in [-0.2, 0) is 0 Å². The van der Waals surface area contributed by atoms with Crippen LogP contribution in [0.3, 0.4) is 0 Å². The van der Waals surface area contributed by atoms with E-state index in [1.807, 2.05) is 0 Å². The van der Waals surface area contributed by atoms with Crippen molar-refractivity contribution in [2.75, 3.05) is 0 Å². The fourth-order valence-electron chi connectivity index (χ4n) is 4.10. The molecule has 1 nitrogen and oxygen atoms in total. The maximum Gasteiger partial charge on any atom is 0.0621 e. The van der Waals surface area contributed by atoms with E-state index >= 15 is 0 Å². The van der Waals surface area contributed by atoms with Gasteiger partial charge in [0, 0.05) is 6.42 Å². The summed E-state index contributed by atoms with van der Waals surface area (Å²) in [5, 5.41) is 8.87. The second-order valence-electron chi connectivity index (χ2n) is 9.89. The van der Waals surface area contributed by atoms with Gasteiger partial charge < -0.3 is 0 Å². The Labute approximate surface area is 168 Å². The Morgan fingerprint density at radius 3 is 2.33 bits per heavy atom. The van der Waals surface area contributed by atoms with E-state index in [9.17, 15) is 0 Å². The Kier molecular flexibility index (Phi) is 9.31. The highest BCUT2D eigenvalue weighted by Crippen LogP contribution is 2.41. The van der Waals surface area contributed by atoms with Crippen LogP contribution in [0.2, 0.25) is 0 Å². The fourth-order valence-corrected chi connectivity index (χ4v) is 4.10. The van der Waals surface area contributed by atoms with Gasteiger partial charge in [-0.15, -0.1) is 0 Å². The van der Waals surface area contributed by atoms with Crippen LogP contribution in [0.5, 0.6) is 0 Å². The first-order valence-electron chi connectivity index (χ1n) is 10.7. The third kappa shape index (κ3) is 8.34. The molecule has 27 heavy (non-hydrogen) atoms. The molecule has 0 aliphatic rings. The smallest absolute Gasteiger partial charge is 0.0621 e. The molecule has 0 spiro atoms. The van der Waals surface area contributed by atoms with Crippen LogP contribution >= 0.6 is 0 Å². The third-order valence-electron chi connectivity index (χ3n) is 6.41. The molecule has 0 N–H and O–H groups in total. The molecule has 0 bridgehead atoms. The van der Waals surface area contributed by atoms with E-state index < -0.39 is 0 Å². The van der Waals surface area contributed by atoms with Crippen molar-refractivity contribution in [2.24, 2.45) is 16.7 Å². The van der Waals surface area contributed by atoms with Gasteiger partial charge >= 0.3 is 0 Å². The summed E-state index contributed by atoms with van der Waals surface area (Å²) < 4.78 is 0. The second-order valence-corrected chi connectivity index (χ2v) is 9.89. The molecule has 2 unspecified atom stereocenters. The molecule has 0 aliphatic heterocycles. The SMILES string of the molecule is CCC(C)C(C)(C)CC(C/C=C(\C)CC(C)(C)CCC#N)c1ccccc1. The zero-order valence-corrected chi connectivity index (χ0v) is 18.8. The van der Waals surface area contributed by atoms with Gasteiger partial charge in [-0.05, 0) is 60.8 Å². The number of benzene rings is 1. The lowest BCUT2D eigenvalue weighted by molar-refractivity contribution is 0.190. The van der Waals surface area contributed by atoms with Crippen LogP contribution in [0.4, 0.5) is 0 Å². The van der Waals surface area contributed by atoms with Gasteiger partial charge in [0.15, 0.2) is 0 Å². The van der Waals surface area contributed by atoms with Crippen molar-refractivity contribution < 1.29 is 0 Å². The molecule has 0 saturated carbocycles. The van der Waals surface area contributed by atoms with Gasteiger partial charge in [0.1, 0.15) is 0 Å². The lowest BCUT2D eigenvalue weighted by Crippen LogP contribution is -2.24. The van der Waals surface area contributed by atoms with Gasteiger partial charge in [-0.1, -0.05) is 89.9 Å². The normalized spacial score (nSPS) is 15.3. The van der Waals surface area contributed by atoms with Gasteiger partial charge in [0.2, 0.25) is 0 Å². The van der Waals surface area contributed by atoms with E-state index in [4.69, 9.17) is 5.26 Å². The predicted molar refractivity (Wildman–Crippen MR) is 119 cm³/mol. The van der Waals surface area contributed by atoms with E-state index in [2.05, 4.69) is 90.9 Å². The van der Waals surface area contributed by atoms with Gasteiger partial charge in [0.05, 0.1) is 6.07 Å². The maximum atomic E-state index is 8.87. The van der Waals surface area contributed by atoms with E-state index in [1.54, 1.807) is 0 Å². The molecule has 0 heterocycles. The molecule has 1 aromatic carbocycles. The van der Waals surface area contributed by atoms with E-state index in [-0.39, 0.29) is 5.41 Å². The molecule has 0 radical (unpaired) electrons. The van der Waals surface area contributed by atoms with Gasteiger partial charge in [-0.2, -0.15) is 5.26 Å². The topological polar surface area (TPSA) is 23.8 Å². The average Bonchev–Trinajstić information content (AvgIpc) is 2.63. The van der Waals surface area contributed by atoms with Crippen LogP contribution in [0.1, 0.15) is 98.5 Å². The summed E-state index contributed by atoms with van der Waals surface area (Å²) in [4.78, 5) is 0. The zero-order valence-electron chi connectivity index (χ0n) is 18.8. The first-order valence-corrected chi connectivity index (χ1v) is 10.7. The second kappa shape index (κ2) is 10.7. The molecule has 0 aliphatic carbocycles. The summed E-state index contributed by atoms with van der Waals surface area (Å²) in [6.07, 6.45) is 8.70. The average molecular weight is 368 g/mol. The highest BCUT2D eigenvalue weighted by atomic mass is 14.3. The monoisotopic (exact) mass is 367 g/mol. The van der Waals surface area contributed by atoms with Crippen LogP contribution in [-0.4, -0.2) is 0 Å². The number of hydrogen-bond donors (Lipinski definition) is 0. The van der Waals surface area contributed by atoms with Crippen molar-refractivity contribution in [1.82, 2.24) is 0 Å². The molecule has 1 rings (SSSR count). The largest absolute Gasteiger partial charge is 0.198 e. The number of nitrogens with zero attached hydrogens (tertiary/aromatic N) is 1. The Hall–Kier alpha value is -1.55. The first-order chi connectivity index (χ1) is 12.6. The molecular formula is C26H41N. The minimum absolute atomic E-state index is 0.203. The Bertz CT molecular complexity index is 615. The fraction of sp³-hybridized carbons (Fsp3) is 0.654. The minimum Gasteiger partial charge on any atom is -0.198 e. The molecule has 0 amide bonds. The summed E-state index contributed by atoms with van der Waals surface area (Å²) in [5.41, 5.74) is 3.46. The molecule has 150 valence electrons. The summed E-state index contributed by atoms with van der Waals surface area (Å²) >= 11 is 0. The van der Waals surface area contributed by atoms with Crippen molar-refractivity contribution in [3.63, 3.8) is 0 Å². The van der Waals surface area contributed by atoms with Gasteiger partial charge in [-0.25, -0.2) is 0 Å². The van der Waals surface area contributed by atoms with Crippen molar-refractivity contribution in [2.45, 2.75) is 92.9 Å². The van der Waals surface area contributed by atoms with Gasteiger partial charge in [0.25, 0.3) is 0 Å². The van der Waals surface area contributed by atoms with Crippen molar-refractivity contribution in [3.05, 3.63) is 47.5 Å². The molecule has 1 heteroatoms. The molecule has 2 atom stereocenters. The predicted octanol–water partition coefficient (Wildman–Crippen LogP) is 8.29. The molecule has 0 aromatic heterocycles. The van der Waals surface area contributed by atoms with Crippen LogP contribution in [0.15, 0.2) is 42.0 Å². The van der Waals surface area contributed by atoms with Crippen molar-refractivity contribution in [1.29, 1.82) is 5.26 Å². The van der Waals surface area contributed by atoms with Crippen molar-refractivity contribution >= 4 is 0 Å². The maximum absolute atomic E-state index is 8.87. The standard InChI is InChI=1S/C26H41N/c1-8-22(3)26(6,7)20-24(23-13-10-9-11-14-23)16-15-21(2)19-25(4,5)17-12-18-27/h9-11,13-15,22,24H,8,12,16-17,19-20H2,1-7H3/b21-15+. The number of nitriles is 1. The lowest BCUT2D eigenvalue weighted by Gasteiger charge is -2.35. The molecule has 0 fully saturated rings. The highest BCUT2D eigenvalue weighted by molar-refractivity contribution is 5.21. The van der Waals surface area contributed by atoms with E-state index in [1.165, 1.54) is 24.0 Å². The lowest BCUT2D eigenvalue weighted by atomic mass is 9.70. The summed E-state index contributed by atoms with van der Waals surface area (Å²) in [7, 11) is 0. The summed E-state index contributed by atoms with van der Waals surface area (Å²) in [6.45, 7) is 16.4. The Balaban J connectivity index is 2.90. The van der Waals surface area contributed by atoms with Crippen LogP contribution in [0, 0.1) is 28.1 Å². The summed E-state index contributed by atoms with van der Waals surface area (Å²) in [5.74, 6) is 1.28. The van der Waals surface area contributed by atoms with Gasteiger partial charge in [-0.3, -0.25) is 0 Å². The first kappa shape index (κ1) is 23.5. The Morgan fingerprint density at radius 2 is 1.78 bits per heavy atom.